The zero-order chi connectivity index (χ0) is 12.4. The molecule has 1 unspecified atom stereocenters. The molecule has 18 heavy (non-hydrogen) atoms. The van der Waals surface area contributed by atoms with Gasteiger partial charge >= 0.3 is 0 Å². The summed E-state index contributed by atoms with van der Waals surface area (Å²) in [6, 6.07) is 4.79. The summed E-state index contributed by atoms with van der Waals surface area (Å²) >= 11 is 1.92. The van der Waals surface area contributed by atoms with Crippen molar-refractivity contribution in [3.8, 4) is 11.5 Å². The van der Waals surface area contributed by atoms with Crippen LogP contribution in [0.2, 0.25) is 0 Å². The van der Waals surface area contributed by atoms with E-state index in [4.69, 9.17) is 9.47 Å². The SMILES string of the molecule is CCCNC1CCSc2cc3c(cc21)OCCO3. The van der Waals surface area contributed by atoms with Crippen LogP contribution in [0.25, 0.3) is 0 Å². The minimum absolute atomic E-state index is 0.469. The number of hydrogen-bond donors (Lipinski definition) is 1. The summed E-state index contributed by atoms with van der Waals surface area (Å²) in [5.41, 5.74) is 1.38. The van der Waals surface area contributed by atoms with Gasteiger partial charge in [0.2, 0.25) is 0 Å². The number of fused-ring (bicyclic) bond motifs is 2. The fourth-order valence-corrected chi connectivity index (χ4v) is 3.59. The van der Waals surface area contributed by atoms with Crippen molar-refractivity contribution in [1.29, 1.82) is 0 Å². The molecule has 0 saturated heterocycles. The number of thioether (sulfide) groups is 1. The Balaban J connectivity index is 1.90. The van der Waals surface area contributed by atoms with Crippen LogP contribution in [0.4, 0.5) is 0 Å². The van der Waals surface area contributed by atoms with Crippen LogP contribution in [-0.2, 0) is 0 Å². The van der Waals surface area contributed by atoms with Crippen molar-refractivity contribution in [1.82, 2.24) is 5.32 Å². The first-order chi connectivity index (χ1) is 8.88. The molecule has 4 heteroatoms. The molecule has 0 fully saturated rings. The molecule has 0 aliphatic carbocycles. The van der Waals surface area contributed by atoms with Gasteiger partial charge in [0.15, 0.2) is 11.5 Å². The van der Waals surface area contributed by atoms with Crippen molar-refractivity contribution in [3.63, 3.8) is 0 Å². The third kappa shape index (κ3) is 2.31. The summed E-state index contributed by atoms with van der Waals surface area (Å²) in [7, 11) is 0. The first kappa shape index (κ1) is 12.2. The Bertz CT molecular complexity index is 436. The minimum atomic E-state index is 0.469. The van der Waals surface area contributed by atoms with Crippen LogP contribution in [0, 0.1) is 0 Å². The molecule has 3 nitrogen and oxygen atoms in total. The van der Waals surface area contributed by atoms with Crippen molar-refractivity contribution in [2.75, 3.05) is 25.5 Å². The lowest BCUT2D eigenvalue weighted by atomic mass is 10.0. The molecule has 0 spiro atoms. The molecule has 0 saturated carbocycles. The van der Waals surface area contributed by atoms with Gasteiger partial charge in [-0.1, -0.05) is 6.92 Å². The molecule has 0 bridgehead atoms. The number of rotatable bonds is 3. The van der Waals surface area contributed by atoms with Gasteiger partial charge in [0.05, 0.1) is 0 Å². The van der Waals surface area contributed by atoms with E-state index in [9.17, 15) is 0 Å². The Labute approximate surface area is 112 Å². The second kappa shape index (κ2) is 5.41. The van der Waals surface area contributed by atoms with E-state index in [2.05, 4.69) is 24.4 Å². The van der Waals surface area contributed by atoms with Gasteiger partial charge in [-0.05, 0) is 42.8 Å². The predicted molar refractivity (Wildman–Crippen MR) is 73.8 cm³/mol. The van der Waals surface area contributed by atoms with E-state index in [1.807, 2.05) is 11.8 Å². The second-order valence-electron chi connectivity index (χ2n) is 4.68. The fourth-order valence-electron chi connectivity index (χ4n) is 2.46. The van der Waals surface area contributed by atoms with E-state index < -0.39 is 0 Å². The molecule has 2 heterocycles. The minimum Gasteiger partial charge on any atom is -0.486 e. The number of hydrogen-bond acceptors (Lipinski definition) is 4. The third-order valence-electron chi connectivity index (χ3n) is 3.35. The molecular weight excluding hydrogens is 246 g/mol. The second-order valence-corrected chi connectivity index (χ2v) is 5.81. The Morgan fingerprint density at radius 3 is 2.83 bits per heavy atom. The first-order valence-corrected chi connectivity index (χ1v) is 7.66. The highest BCUT2D eigenvalue weighted by molar-refractivity contribution is 7.99. The standard InChI is InChI=1S/C14H19NO2S/c1-2-4-15-11-3-7-18-14-9-13-12(8-10(11)14)16-5-6-17-13/h8-9,11,15H,2-7H2,1H3. The van der Waals surface area contributed by atoms with Crippen LogP contribution in [0.1, 0.15) is 31.4 Å². The molecule has 0 aromatic heterocycles. The smallest absolute Gasteiger partial charge is 0.162 e. The average molecular weight is 265 g/mol. The molecule has 98 valence electrons. The van der Waals surface area contributed by atoms with E-state index in [0.29, 0.717) is 19.3 Å². The highest BCUT2D eigenvalue weighted by atomic mass is 32.2. The molecule has 1 N–H and O–H groups in total. The van der Waals surface area contributed by atoms with Gasteiger partial charge < -0.3 is 14.8 Å². The summed E-state index contributed by atoms with van der Waals surface area (Å²) in [6.07, 6.45) is 2.36. The maximum atomic E-state index is 5.68. The molecular formula is C14H19NO2S. The van der Waals surface area contributed by atoms with Crippen LogP contribution in [-0.4, -0.2) is 25.5 Å². The van der Waals surface area contributed by atoms with Crippen LogP contribution < -0.4 is 14.8 Å². The normalized spacial score (nSPS) is 21.5. The van der Waals surface area contributed by atoms with E-state index >= 15 is 0 Å². The van der Waals surface area contributed by atoms with Gasteiger partial charge in [-0.15, -0.1) is 11.8 Å². The number of nitrogens with one attached hydrogen (secondary N) is 1. The predicted octanol–water partition coefficient (Wildman–Crippen LogP) is 2.99. The average Bonchev–Trinajstić information content (AvgIpc) is 2.43. The maximum Gasteiger partial charge on any atom is 0.162 e. The monoisotopic (exact) mass is 265 g/mol. The van der Waals surface area contributed by atoms with Crippen molar-refractivity contribution in [3.05, 3.63) is 17.7 Å². The molecule has 2 aliphatic heterocycles. The van der Waals surface area contributed by atoms with Crippen LogP contribution in [0.5, 0.6) is 11.5 Å². The third-order valence-corrected chi connectivity index (χ3v) is 4.46. The number of benzene rings is 1. The van der Waals surface area contributed by atoms with Gasteiger partial charge in [0.1, 0.15) is 13.2 Å². The van der Waals surface area contributed by atoms with Crippen LogP contribution in [0.15, 0.2) is 17.0 Å². The first-order valence-electron chi connectivity index (χ1n) is 6.68. The van der Waals surface area contributed by atoms with E-state index in [-0.39, 0.29) is 0 Å². The summed E-state index contributed by atoms with van der Waals surface area (Å²) in [6.45, 7) is 4.60. The van der Waals surface area contributed by atoms with Crippen LogP contribution in [0.3, 0.4) is 0 Å². The van der Waals surface area contributed by atoms with E-state index in [1.54, 1.807) is 0 Å². The summed E-state index contributed by atoms with van der Waals surface area (Å²) in [5.74, 6) is 2.99. The van der Waals surface area contributed by atoms with E-state index in [0.717, 1.165) is 18.0 Å². The largest absolute Gasteiger partial charge is 0.486 e. The zero-order valence-electron chi connectivity index (χ0n) is 10.7. The zero-order valence-corrected chi connectivity index (χ0v) is 11.5. The highest BCUT2D eigenvalue weighted by Gasteiger charge is 2.24. The molecule has 2 aliphatic rings. The molecule has 0 radical (unpaired) electrons. The molecule has 1 aromatic rings. The topological polar surface area (TPSA) is 30.5 Å². The maximum absolute atomic E-state index is 5.68. The Hall–Kier alpha value is -0.870. The molecule has 1 atom stereocenters. The summed E-state index contributed by atoms with van der Waals surface area (Å²) < 4.78 is 11.3. The molecule has 3 rings (SSSR count). The van der Waals surface area contributed by atoms with Crippen molar-refractivity contribution in [2.45, 2.75) is 30.7 Å². The van der Waals surface area contributed by atoms with Gasteiger partial charge in [-0.3, -0.25) is 0 Å². The van der Waals surface area contributed by atoms with Crippen molar-refractivity contribution in [2.24, 2.45) is 0 Å². The van der Waals surface area contributed by atoms with Crippen molar-refractivity contribution >= 4 is 11.8 Å². The lowest BCUT2D eigenvalue weighted by molar-refractivity contribution is 0.170. The van der Waals surface area contributed by atoms with Gasteiger partial charge in [-0.2, -0.15) is 0 Å². The molecule has 1 aromatic carbocycles. The van der Waals surface area contributed by atoms with Crippen LogP contribution >= 0.6 is 11.8 Å². The van der Waals surface area contributed by atoms with Gasteiger partial charge in [0, 0.05) is 10.9 Å². The van der Waals surface area contributed by atoms with Gasteiger partial charge in [0.25, 0.3) is 0 Å². The lowest BCUT2D eigenvalue weighted by Crippen LogP contribution is -2.26. The van der Waals surface area contributed by atoms with Crippen molar-refractivity contribution < 1.29 is 9.47 Å². The Morgan fingerprint density at radius 1 is 1.28 bits per heavy atom. The Kier molecular flexibility index (Phi) is 3.66. The summed E-state index contributed by atoms with van der Waals surface area (Å²) in [5, 5.41) is 3.62. The van der Waals surface area contributed by atoms with Gasteiger partial charge in [-0.25, -0.2) is 0 Å². The summed E-state index contributed by atoms with van der Waals surface area (Å²) in [4.78, 5) is 1.35. The fraction of sp³-hybridized carbons (Fsp3) is 0.571. The Morgan fingerprint density at radius 2 is 2.06 bits per heavy atom. The number of ether oxygens (including phenoxy) is 2. The highest BCUT2D eigenvalue weighted by Crippen LogP contribution is 2.43. The lowest BCUT2D eigenvalue weighted by Gasteiger charge is -2.28. The van der Waals surface area contributed by atoms with E-state index in [1.165, 1.54) is 29.1 Å². The quantitative estimate of drug-likeness (QED) is 0.910. The molecule has 0 amide bonds.